The van der Waals surface area contributed by atoms with Crippen LogP contribution in [0.15, 0.2) is 5.38 Å². The maximum absolute atomic E-state index is 12.2. The molecule has 108 valence electrons. The molecule has 1 aromatic rings. The number of fused-ring (bicyclic) bond motifs is 1. The van der Waals surface area contributed by atoms with Crippen LogP contribution in [-0.4, -0.2) is 39.3 Å². The van der Waals surface area contributed by atoms with E-state index >= 15 is 0 Å². The number of aromatic nitrogens is 1. The van der Waals surface area contributed by atoms with E-state index < -0.39 is 0 Å². The van der Waals surface area contributed by atoms with Crippen LogP contribution in [0.25, 0.3) is 0 Å². The Morgan fingerprint density at radius 2 is 2.30 bits per heavy atom. The number of rotatable bonds is 5. The van der Waals surface area contributed by atoms with Crippen LogP contribution in [-0.2, 0) is 17.8 Å². The van der Waals surface area contributed by atoms with Gasteiger partial charge in [0.05, 0.1) is 17.2 Å². The summed E-state index contributed by atoms with van der Waals surface area (Å²) in [6, 6.07) is -0.346. The fraction of sp³-hybridized carbons (Fsp3) is 0.643. The van der Waals surface area contributed by atoms with Gasteiger partial charge in [-0.15, -0.1) is 11.3 Å². The second-order valence-electron chi connectivity index (χ2n) is 5.39. The molecule has 20 heavy (non-hydrogen) atoms. The molecule has 3 heterocycles. The molecule has 2 aliphatic rings. The van der Waals surface area contributed by atoms with E-state index in [1.807, 2.05) is 5.38 Å². The van der Waals surface area contributed by atoms with Crippen molar-refractivity contribution in [2.24, 2.45) is 0 Å². The zero-order valence-corrected chi connectivity index (χ0v) is 12.5. The molecule has 2 saturated heterocycles. The van der Waals surface area contributed by atoms with Gasteiger partial charge in [-0.05, 0) is 25.7 Å². The second-order valence-corrected chi connectivity index (χ2v) is 6.34. The third-order valence-corrected chi connectivity index (χ3v) is 4.90. The Bertz CT molecular complexity index is 506. The van der Waals surface area contributed by atoms with Gasteiger partial charge < -0.3 is 4.90 Å². The van der Waals surface area contributed by atoms with Crippen LogP contribution < -0.4 is 0 Å². The number of imide groups is 1. The van der Waals surface area contributed by atoms with Gasteiger partial charge in [-0.25, -0.2) is 9.78 Å². The Balaban J connectivity index is 1.67. The minimum Gasteiger partial charge on any atom is -0.312 e. The Morgan fingerprint density at radius 1 is 1.45 bits per heavy atom. The summed E-state index contributed by atoms with van der Waals surface area (Å²) >= 11 is 1.62. The third kappa shape index (κ3) is 2.32. The van der Waals surface area contributed by atoms with Crippen LogP contribution >= 0.6 is 11.3 Å². The summed E-state index contributed by atoms with van der Waals surface area (Å²) in [6.45, 7) is 3.20. The number of carbonyl (C=O) groups is 2. The van der Waals surface area contributed by atoms with Crippen LogP contribution in [0.4, 0.5) is 4.79 Å². The number of unbranched alkanes of at least 4 members (excludes halogenated alkanes) is 1. The summed E-state index contributed by atoms with van der Waals surface area (Å²) in [5, 5.41) is 3.07. The van der Waals surface area contributed by atoms with Gasteiger partial charge in [-0.3, -0.25) is 9.69 Å². The number of urea groups is 1. The molecule has 1 unspecified atom stereocenters. The molecule has 2 fully saturated rings. The normalized spacial score (nSPS) is 21.9. The average Bonchev–Trinajstić information content (AvgIpc) is 3.13. The lowest BCUT2D eigenvalue weighted by molar-refractivity contribution is -0.128. The summed E-state index contributed by atoms with van der Waals surface area (Å²) in [4.78, 5) is 32.0. The number of nitrogens with zero attached hydrogens (tertiary/aromatic N) is 3. The summed E-state index contributed by atoms with van der Waals surface area (Å²) in [6.07, 6.45) is 5.00. The Morgan fingerprint density at radius 3 is 3.05 bits per heavy atom. The average molecular weight is 293 g/mol. The SMILES string of the molecule is CCCCc1nc(CN2C(=O)C3CCCN3C2=O)cs1. The van der Waals surface area contributed by atoms with Gasteiger partial charge >= 0.3 is 6.03 Å². The highest BCUT2D eigenvalue weighted by molar-refractivity contribution is 7.09. The highest BCUT2D eigenvalue weighted by atomic mass is 32.1. The van der Waals surface area contributed by atoms with Crippen LogP contribution in [0.1, 0.15) is 43.3 Å². The van der Waals surface area contributed by atoms with Crippen LogP contribution in [0.5, 0.6) is 0 Å². The molecule has 0 N–H and O–H groups in total. The Labute approximate surface area is 122 Å². The van der Waals surface area contributed by atoms with Crippen molar-refractivity contribution in [1.82, 2.24) is 14.8 Å². The van der Waals surface area contributed by atoms with E-state index in [2.05, 4.69) is 11.9 Å². The molecule has 2 aliphatic heterocycles. The quantitative estimate of drug-likeness (QED) is 0.783. The molecule has 3 amide bonds. The zero-order valence-electron chi connectivity index (χ0n) is 11.7. The van der Waals surface area contributed by atoms with Crippen LogP contribution in [0, 0.1) is 0 Å². The van der Waals surface area contributed by atoms with E-state index in [1.165, 1.54) is 4.90 Å². The molecule has 0 saturated carbocycles. The van der Waals surface area contributed by atoms with E-state index in [0.29, 0.717) is 13.1 Å². The fourth-order valence-corrected chi connectivity index (χ4v) is 3.68. The second kappa shape index (κ2) is 5.52. The van der Waals surface area contributed by atoms with E-state index in [1.54, 1.807) is 16.2 Å². The number of amides is 3. The van der Waals surface area contributed by atoms with Gasteiger partial charge in [0.25, 0.3) is 5.91 Å². The highest BCUT2D eigenvalue weighted by Crippen LogP contribution is 2.28. The number of aryl methyl sites for hydroxylation is 1. The molecule has 0 aliphatic carbocycles. The topological polar surface area (TPSA) is 53.5 Å². The maximum atomic E-state index is 12.2. The lowest BCUT2D eigenvalue weighted by Crippen LogP contribution is -2.32. The van der Waals surface area contributed by atoms with Crippen molar-refractivity contribution in [3.63, 3.8) is 0 Å². The monoisotopic (exact) mass is 293 g/mol. The van der Waals surface area contributed by atoms with Gasteiger partial charge in [-0.2, -0.15) is 0 Å². The zero-order chi connectivity index (χ0) is 14.1. The smallest absolute Gasteiger partial charge is 0.312 e. The first-order chi connectivity index (χ1) is 9.70. The molecule has 3 rings (SSSR count). The molecule has 5 nitrogen and oxygen atoms in total. The summed E-state index contributed by atoms with van der Waals surface area (Å²) in [5.41, 5.74) is 0.837. The molecule has 1 atom stereocenters. The molecule has 0 radical (unpaired) electrons. The predicted molar refractivity (Wildman–Crippen MR) is 76.4 cm³/mol. The lowest BCUT2D eigenvalue weighted by Gasteiger charge is -2.14. The minimum atomic E-state index is -0.208. The molecule has 6 heteroatoms. The molecule has 0 aromatic carbocycles. The van der Waals surface area contributed by atoms with E-state index in [9.17, 15) is 9.59 Å². The summed E-state index contributed by atoms with van der Waals surface area (Å²) in [5.74, 6) is -0.0457. The van der Waals surface area contributed by atoms with Crippen molar-refractivity contribution in [2.45, 2.75) is 51.6 Å². The molecular formula is C14H19N3O2S. The Kier molecular flexibility index (Phi) is 3.74. The molecular weight excluding hydrogens is 274 g/mol. The number of carbonyl (C=O) groups excluding carboxylic acids is 2. The first kappa shape index (κ1) is 13.5. The van der Waals surface area contributed by atoms with Gasteiger partial charge in [-0.1, -0.05) is 13.3 Å². The molecule has 1 aromatic heterocycles. The van der Waals surface area contributed by atoms with Crippen LogP contribution in [0.2, 0.25) is 0 Å². The number of hydrogen-bond acceptors (Lipinski definition) is 4. The first-order valence-electron chi connectivity index (χ1n) is 7.26. The number of thiazole rings is 1. The summed E-state index contributed by atoms with van der Waals surface area (Å²) < 4.78 is 0. The standard InChI is InChI=1S/C14H19N3O2S/c1-2-3-6-12-15-10(9-20-12)8-17-13(18)11-5-4-7-16(11)14(17)19/h9,11H,2-8H2,1H3. The third-order valence-electron chi connectivity index (χ3n) is 3.94. The van der Waals surface area contributed by atoms with E-state index in [0.717, 1.165) is 42.8 Å². The Hall–Kier alpha value is -1.43. The highest BCUT2D eigenvalue weighted by Gasteiger charge is 2.47. The van der Waals surface area contributed by atoms with Crippen molar-refractivity contribution in [2.75, 3.05) is 6.54 Å². The van der Waals surface area contributed by atoms with Crippen molar-refractivity contribution < 1.29 is 9.59 Å². The van der Waals surface area contributed by atoms with Crippen molar-refractivity contribution in [3.05, 3.63) is 16.1 Å². The maximum Gasteiger partial charge on any atom is 0.327 e. The molecule has 0 spiro atoms. The van der Waals surface area contributed by atoms with Crippen molar-refractivity contribution in [3.8, 4) is 0 Å². The van der Waals surface area contributed by atoms with Crippen LogP contribution in [0.3, 0.4) is 0 Å². The first-order valence-corrected chi connectivity index (χ1v) is 8.14. The van der Waals surface area contributed by atoms with E-state index in [4.69, 9.17) is 0 Å². The van der Waals surface area contributed by atoms with Gasteiger partial charge in [0.2, 0.25) is 0 Å². The van der Waals surface area contributed by atoms with Gasteiger partial charge in [0.1, 0.15) is 6.04 Å². The minimum absolute atomic E-state index is 0.0457. The summed E-state index contributed by atoms with van der Waals surface area (Å²) in [7, 11) is 0. The van der Waals surface area contributed by atoms with Crippen molar-refractivity contribution >= 4 is 23.3 Å². The number of hydrogen-bond donors (Lipinski definition) is 0. The largest absolute Gasteiger partial charge is 0.327 e. The molecule has 0 bridgehead atoms. The fourth-order valence-electron chi connectivity index (χ4n) is 2.85. The van der Waals surface area contributed by atoms with Gasteiger partial charge in [0.15, 0.2) is 0 Å². The van der Waals surface area contributed by atoms with Gasteiger partial charge in [0, 0.05) is 11.9 Å². The van der Waals surface area contributed by atoms with Crippen molar-refractivity contribution in [1.29, 1.82) is 0 Å². The predicted octanol–water partition coefficient (Wildman–Crippen LogP) is 2.41. The lowest BCUT2D eigenvalue weighted by atomic mass is 10.2. The van der Waals surface area contributed by atoms with E-state index in [-0.39, 0.29) is 18.0 Å².